The number of nitro groups is 1. The Balaban J connectivity index is 1.96. The predicted octanol–water partition coefficient (Wildman–Crippen LogP) is 3.40. The molecule has 2 N–H and O–H groups in total. The number of ketones is 2. The summed E-state index contributed by atoms with van der Waals surface area (Å²) in [4.78, 5) is 36.5. The second-order valence-corrected chi connectivity index (χ2v) is 7.47. The minimum atomic E-state index is -0.682. The molecule has 1 aromatic carbocycles. The summed E-state index contributed by atoms with van der Waals surface area (Å²) in [5, 5.41) is 25.1. The Hall–Kier alpha value is -3.16. The molecule has 8 heteroatoms. The van der Waals surface area contributed by atoms with Gasteiger partial charge in [0.25, 0.3) is 0 Å². The molecule has 0 atom stereocenters. The largest absolute Gasteiger partial charge is 0.500 e. The van der Waals surface area contributed by atoms with E-state index in [2.05, 4.69) is 5.32 Å². The van der Waals surface area contributed by atoms with E-state index in [0.29, 0.717) is 42.4 Å². The maximum atomic E-state index is 12.8. The van der Waals surface area contributed by atoms with Crippen molar-refractivity contribution in [3.05, 3.63) is 50.4 Å². The lowest BCUT2D eigenvalue weighted by molar-refractivity contribution is -0.386. The van der Waals surface area contributed by atoms with Gasteiger partial charge in [-0.25, -0.2) is 0 Å². The topological polar surface area (TPSA) is 119 Å². The van der Waals surface area contributed by atoms with E-state index in [0.717, 1.165) is 24.2 Å². The van der Waals surface area contributed by atoms with Gasteiger partial charge < -0.3 is 15.2 Å². The third-order valence-corrected chi connectivity index (χ3v) is 5.70. The minimum Gasteiger partial charge on any atom is -0.500 e. The number of phenolic OH excluding ortho intramolecular Hbond substituents is 1. The van der Waals surface area contributed by atoms with Gasteiger partial charge in [0.2, 0.25) is 5.75 Å². The average Bonchev–Trinajstić information content (AvgIpc) is 2.68. The summed E-state index contributed by atoms with van der Waals surface area (Å²) in [7, 11) is 0. The van der Waals surface area contributed by atoms with Crippen molar-refractivity contribution in [2.75, 3.05) is 6.61 Å². The lowest BCUT2D eigenvalue weighted by atomic mass is 9.71. The monoisotopic (exact) mass is 398 g/mol. The van der Waals surface area contributed by atoms with Crippen molar-refractivity contribution in [1.29, 1.82) is 0 Å². The number of nitrogens with zero attached hydrogens (tertiary/aromatic N) is 1. The SMILES string of the molecule is CCOc1cc(C2C3=C(CCCC3=O)NC3=C2C(=O)CCC3)cc([N+](=O)[O-])c1O. The second kappa shape index (κ2) is 7.35. The fraction of sp³-hybridized carbons (Fsp3) is 0.429. The van der Waals surface area contributed by atoms with Crippen LogP contribution < -0.4 is 10.1 Å². The van der Waals surface area contributed by atoms with E-state index in [9.17, 15) is 24.8 Å². The van der Waals surface area contributed by atoms with E-state index < -0.39 is 22.3 Å². The smallest absolute Gasteiger partial charge is 0.314 e. The Bertz CT molecular complexity index is 949. The van der Waals surface area contributed by atoms with Gasteiger partial charge >= 0.3 is 5.69 Å². The number of allylic oxidation sites excluding steroid dienone is 4. The van der Waals surface area contributed by atoms with Crippen LogP contribution in [0, 0.1) is 10.1 Å². The third kappa shape index (κ3) is 3.18. The number of hydrogen-bond acceptors (Lipinski definition) is 7. The van der Waals surface area contributed by atoms with Crippen molar-refractivity contribution in [2.24, 2.45) is 0 Å². The number of dihydropyridines is 1. The number of benzene rings is 1. The van der Waals surface area contributed by atoms with Crippen molar-refractivity contribution >= 4 is 17.3 Å². The molecule has 2 aliphatic carbocycles. The second-order valence-electron chi connectivity index (χ2n) is 7.47. The van der Waals surface area contributed by atoms with Crippen LogP contribution >= 0.6 is 0 Å². The normalized spacial score (nSPS) is 19.6. The first-order valence-electron chi connectivity index (χ1n) is 9.86. The van der Waals surface area contributed by atoms with Gasteiger partial charge in [-0.3, -0.25) is 19.7 Å². The number of Topliss-reactive ketones (excluding diaryl/α,β-unsaturated/α-hetero) is 2. The maximum absolute atomic E-state index is 12.8. The number of phenols is 1. The zero-order valence-corrected chi connectivity index (χ0v) is 16.1. The van der Waals surface area contributed by atoms with Crippen LogP contribution in [0.15, 0.2) is 34.7 Å². The van der Waals surface area contributed by atoms with Gasteiger partial charge in [-0.2, -0.15) is 0 Å². The van der Waals surface area contributed by atoms with Gasteiger partial charge in [0, 0.05) is 47.4 Å². The summed E-state index contributed by atoms with van der Waals surface area (Å²) in [6.45, 7) is 1.92. The Morgan fingerprint density at radius 2 is 1.69 bits per heavy atom. The molecule has 0 unspecified atom stereocenters. The molecule has 0 bridgehead atoms. The number of nitrogens with one attached hydrogen (secondary N) is 1. The molecule has 4 rings (SSSR count). The Morgan fingerprint density at radius 1 is 1.10 bits per heavy atom. The van der Waals surface area contributed by atoms with Gasteiger partial charge in [0.1, 0.15) is 0 Å². The van der Waals surface area contributed by atoms with E-state index in [-0.39, 0.29) is 23.9 Å². The van der Waals surface area contributed by atoms with Crippen LogP contribution in [0.5, 0.6) is 11.5 Å². The van der Waals surface area contributed by atoms with Gasteiger partial charge in [-0.05, 0) is 44.2 Å². The molecule has 1 aliphatic heterocycles. The van der Waals surface area contributed by atoms with Crippen molar-refractivity contribution < 1.29 is 24.4 Å². The van der Waals surface area contributed by atoms with Gasteiger partial charge in [0.15, 0.2) is 17.3 Å². The first-order chi connectivity index (χ1) is 13.9. The predicted molar refractivity (Wildman–Crippen MR) is 104 cm³/mol. The molecule has 3 aliphatic rings. The maximum Gasteiger partial charge on any atom is 0.314 e. The van der Waals surface area contributed by atoms with Crippen LogP contribution in [0.25, 0.3) is 0 Å². The number of nitro benzene ring substituents is 1. The first kappa shape index (κ1) is 19.2. The number of carbonyl (C=O) groups is 2. The zero-order chi connectivity index (χ0) is 20.7. The lowest BCUT2D eigenvalue weighted by Gasteiger charge is -2.37. The molecule has 0 spiro atoms. The number of ether oxygens (including phenoxy) is 1. The van der Waals surface area contributed by atoms with Crippen LogP contribution in [0.2, 0.25) is 0 Å². The molecular formula is C21H22N2O6. The summed E-state index contributed by atoms with van der Waals surface area (Å²) < 4.78 is 5.41. The first-order valence-corrected chi connectivity index (χ1v) is 9.86. The third-order valence-electron chi connectivity index (χ3n) is 5.70. The summed E-state index contributed by atoms with van der Waals surface area (Å²) in [6, 6.07) is 2.77. The van der Waals surface area contributed by atoms with E-state index >= 15 is 0 Å². The van der Waals surface area contributed by atoms with Crippen molar-refractivity contribution in [3.63, 3.8) is 0 Å². The average molecular weight is 398 g/mol. The summed E-state index contributed by atoms with van der Waals surface area (Å²) >= 11 is 0. The fourth-order valence-corrected chi connectivity index (χ4v) is 4.50. The number of hydrogen-bond donors (Lipinski definition) is 2. The van der Waals surface area contributed by atoms with E-state index in [4.69, 9.17) is 4.74 Å². The van der Waals surface area contributed by atoms with E-state index in [1.54, 1.807) is 6.92 Å². The standard InChI is InChI=1S/C21H22N2O6/c1-2-29-17-10-11(9-14(21(17)26)23(27)28)18-19-12(5-3-7-15(19)24)22-13-6-4-8-16(25)20(13)18/h9-10,18,22,26H,2-8H2,1H3. The molecule has 0 aromatic heterocycles. The van der Waals surface area contributed by atoms with E-state index in [1.165, 1.54) is 12.1 Å². The van der Waals surface area contributed by atoms with Crippen LogP contribution in [0.4, 0.5) is 5.69 Å². The fourth-order valence-electron chi connectivity index (χ4n) is 4.50. The summed E-state index contributed by atoms with van der Waals surface area (Å²) in [5.41, 5.74) is 2.53. The Morgan fingerprint density at radius 3 is 2.21 bits per heavy atom. The van der Waals surface area contributed by atoms with Crippen LogP contribution in [-0.2, 0) is 9.59 Å². The quantitative estimate of drug-likeness (QED) is 0.589. The molecule has 29 heavy (non-hydrogen) atoms. The van der Waals surface area contributed by atoms with Crippen LogP contribution in [0.3, 0.4) is 0 Å². The number of carbonyl (C=O) groups excluding carboxylic acids is 2. The number of aromatic hydroxyl groups is 1. The molecular weight excluding hydrogens is 376 g/mol. The minimum absolute atomic E-state index is 0.0222. The van der Waals surface area contributed by atoms with Crippen molar-refractivity contribution in [3.8, 4) is 11.5 Å². The molecule has 8 nitrogen and oxygen atoms in total. The Kier molecular flexibility index (Phi) is 4.86. The highest BCUT2D eigenvalue weighted by Gasteiger charge is 2.41. The lowest BCUT2D eigenvalue weighted by Crippen LogP contribution is -2.36. The van der Waals surface area contributed by atoms with Crippen LogP contribution in [0.1, 0.15) is 56.9 Å². The zero-order valence-electron chi connectivity index (χ0n) is 16.1. The molecule has 0 radical (unpaired) electrons. The highest BCUT2D eigenvalue weighted by molar-refractivity contribution is 6.06. The van der Waals surface area contributed by atoms with Gasteiger partial charge in [-0.1, -0.05) is 0 Å². The van der Waals surface area contributed by atoms with E-state index in [1.807, 2.05) is 0 Å². The summed E-state index contributed by atoms with van der Waals surface area (Å²) in [6.07, 6.45) is 3.61. The molecule has 0 amide bonds. The Labute approximate surface area is 167 Å². The van der Waals surface area contributed by atoms with Gasteiger partial charge in [-0.15, -0.1) is 0 Å². The summed E-state index contributed by atoms with van der Waals surface area (Å²) in [5.74, 6) is -1.36. The van der Waals surface area contributed by atoms with Crippen molar-refractivity contribution in [2.45, 2.75) is 51.4 Å². The molecule has 1 aromatic rings. The molecule has 0 fully saturated rings. The number of rotatable bonds is 4. The molecule has 152 valence electrons. The molecule has 0 saturated heterocycles. The van der Waals surface area contributed by atoms with Gasteiger partial charge in [0.05, 0.1) is 11.5 Å². The highest BCUT2D eigenvalue weighted by atomic mass is 16.6. The van der Waals surface area contributed by atoms with Crippen LogP contribution in [-0.4, -0.2) is 28.2 Å². The highest BCUT2D eigenvalue weighted by Crippen LogP contribution is 2.48. The molecule has 0 saturated carbocycles. The van der Waals surface area contributed by atoms with Crippen molar-refractivity contribution in [1.82, 2.24) is 5.32 Å². The molecule has 1 heterocycles.